The maximum absolute atomic E-state index is 13.9. The molecule has 0 aromatic rings. The van der Waals surface area contributed by atoms with Gasteiger partial charge >= 0.3 is 0 Å². The number of hydrogen-bond acceptors (Lipinski definition) is 15. The Morgan fingerprint density at radius 2 is 0.795 bits per heavy atom. The molecule has 25 nitrogen and oxygen atoms in total. The molecule has 19 N–H and O–H groups in total. The molecule has 416 valence electrons. The Balaban J connectivity index is 2.09. The highest BCUT2D eigenvalue weighted by molar-refractivity contribution is 5.99. The highest BCUT2D eigenvalue weighted by atomic mass is 16.2. The maximum Gasteiger partial charge on any atom is 0.246 e. The zero-order valence-electron chi connectivity index (χ0n) is 45.3. The van der Waals surface area contributed by atoms with Gasteiger partial charge < -0.3 is 81.4 Å². The molecule has 0 bridgehead atoms. The lowest BCUT2D eigenvalue weighted by atomic mass is 9.92. The largest absolute Gasteiger partial charge is 0.368 e. The molecule has 2 aliphatic rings. The first kappa shape index (κ1) is 63.6. The van der Waals surface area contributed by atoms with Crippen LogP contribution in [0.1, 0.15) is 134 Å². The van der Waals surface area contributed by atoms with Crippen molar-refractivity contribution in [2.45, 2.75) is 192 Å². The SMILES string of the molecule is CC(C)(N)C(=O)NC(C)(C)C(=O)NC1CNCC(C(=O)N[C@@H](CCCCN)C(=O)NC(C)(C)C(=O)NC(C)(C)C(=O)NC2CNCC(C(=O)N[C@@H](CCCCN)C(=O)NC(C)(C)C(=O)NC(C)(C)C(N)=O)C2)C1. The molecule has 73 heavy (non-hydrogen) atoms. The van der Waals surface area contributed by atoms with Gasteiger partial charge in [0.25, 0.3) is 0 Å². The molecule has 2 saturated heterocycles. The van der Waals surface area contributed by atoms with Crippen LogP contribution in [0.15, 0.2) is 0 Å². The van der Waals surface area contributed by atoms with E-state index < -0.39 is 128 Å². The summed E-state index contributed by atoms with van der Waals surface area (Å²) in [6.07, 6.45) is 2.95. The molecule has 2 rings (SSSR count). The second kappa shape index (κ2) is 26.6. The minimum atomic E-state index is -1.59. The van der Waals surface area contributed by atoms with Gasteiger partial charge in [0.05, 0.1) is 17.4 Å². The number of amides is 10. The number of nitrogens with two attached hydrogens (primary N) is 4. The van der Waals surface area contributed by atoms with Crippen LogP contribution in [0.5, 0.6) is 0 Å². The number of hydrogen-bond donors (Lipinski definition) is 15. The topological polar surface area (TPSA) is 407 Å². The van der Waals surface area contributed by atoms with Crippen LogP contribution in [0.3, 0.4) is 0 Å². The predicted molar refractivity (Wildman–Crippen MR) is 274 cm³/mol. The molecule has 25 heteroatoms. The summed E-state index contributed by atoms with van der Waals surface area (Å²) >= 11 is 0. The van der Waals surface area contributed by atoms with Crippen molar-refractivity contribution in [3.05, 3.63) is 0 Å². The Kier molecular flexibility index (Phi) is 23.2. The van der Waals surface area contributed by atoms with Crippen LogP contribution in [0.25, 0.3) is 0 Å². The van der Waals surface area contributed by atoms with E-state index in [1.807, 2.05) is 0 Å². The van der Waals surface area contributed by atoms with E-state index in [1.54, 1.807) is 13.8 Å². The lowest BCUT2D eigenvalue weighted by Crippen LogP contribution is -2.66. The maximum atomic E-state index is 13.9. The number of carbonyl (C=O) groups is 10. The highest BCUT2D eigenvalue weighted by Crippen LogP contribution is 2.18. The van der Waals surface area contributed by atoms with Gasteiger partial charge in [-0.3, -0.25) is 47.9 Å². The monoisotopic (exact) mass is 1040 g/mol. The summed E-state index contributed by atoms with van der Waals surface area (Å²) < 4.78 is 0. The van der Waals surface area contributed by atoms with Gasteiger partial charge in [-0.1, -0.05) is 0 Å². The van der Waals surface area contributed by atoms with Crippen molar-refractivity contribution in [1.29, 1.82) is 0 Å². The molecule has 4 unspecified atom stereocenters. The average molecular weight is 1040 g/mol. The smallest absolute Gasteiger partial charge is 0.246 e. The third-order valence-electron chi connectivity index (χ3n) is 12.9. The van der Waals surface area contributed by atoms with E-state index in [9.17, 15) is 47.9 Å². The van der Waals surface area contributed by atoms with E-state index >= 15 is 0 Å². The van der Waals surface area contributed by atoms with Crippen molar-refractivity contribution in [3.63, 3.8) is 0 Å². The molecule has 2 aliphatic heterocycles. The van der Waals surface area contributed by atoms with Crippen molar-refractivity contribution >= 4 is 59.1 Å². The Hall–Kier alpha value is -5.50. The predicted octanol–water partition coefficient (Wildman–Crippen LogP) is -3.90. The third kappa shape index (κ3) is 20.0. The van der Waals surface area contributed by atoms with Crippen molar-refractivity contribution in [3.8, 4) is 0 Å². The molecule has 0 saturated carbocycles. The lowest BCUT2D eigenvalue weighted by molar-refractivity contribution is -0.139. The molecular formula is C48H89N15O10. The molecule has 0 radical (unpaired) electrons. The zero-order chi connectivity index (χ0) is 55.9. The van der Waals surface area contributed by atoms with E-state index in [0.29, 0.717) is 51.9 Å². The molecule has 0 aromatic carbocycles. The van der Waals surface area contributed by atoms with Crippen LogP contribution < -0.4 is 81.4 Å². The summed E-state index contributed by atoms with van der Waals surface area (Å²) in [5.74, 6) is -7.23. The van der Waals surface area contributed by atoms with Crippen molar-refractivity contribution in [2.75, 3.05) is 39.3 Å². The van der Waals surface area contributed by atoms with Gasteiger partial charge in [-0.25, -0.2) is 0 Å². The van der Waals surface area contributed by atoms with Crippen molar-refractivity contribution < 1.29 is 47.9 Å². The first-order valence-electron chi connectivity index (χ1n) is 25.2. The van der Waals surface area contributed by atoms with Gasteiger partial charge in [0, 0.05) is 38.3 Å². The third-order valence-corrected chi connectivity index (χ3v) is 12.9. The normalized spacial score (nSPS) is 19.7. The minimum Gasteiger partial charge on any atom is -0.368 e. The number of unbranched alkanes of at least 4 members (excludes halogenated alkanes) is 2. The molecule has 0 spiro atoms. The summed E-state index contributed by atoms with van der Waals surface area (Å²) in [6.45, 7) is 19.7. The molecule has 0 aromatic heterocycles. The summed E-state index contributed by atoms with van der Waals surface area (Å²) in [5.41, 5.74) is 14.2. The van der Waals surface area contributed by atoms with Crippen LogP contribution in [0.2, 0.25) is 0 Å². The van der Waals surface area contributed by atoms with E-state index in [-0.39, 0.29) is 38.8 Å². The summed E-state index contributed by atoms with van der Waals surface area (Å²) in [7, 11) is 0. The second-order valence-corrected chi connectivity index (χ2v) is 22.8. The van der Waals surface area contributed by atoms with Crippen LogP contribution in [-0.4, -0.2) is 156 Å². The van der Waals surface area contributed by atoms with Gasteiger partial charge in [0.2, 0.25) is 59.1 Å². The number of rotatable bonds is 27. The van der Waals surface area contributed by atoms with Crippen LogP contribution in [0.4, 0.5) is 0 Å². The summed E-state index contributed by atoms with van der Waals surface area (Å²) in [5, 5.41) is 31.0. The van der Waals surface area contributed by atoms with Crippen LogP contribution in [0, 0.1) is 11.8 Å². The molecule has 2 fully saturated rings. The fourth-order valence-electron chi connectivity index (χ4n) is 7.74. The highest BCUT2D eigenvalue weighted by Gasteiger charge is 2.42. The van der Waals surface area contributed by atoms with E-state index in [2.05, 4.69) is 58.5 Å². The van der Waals surface area contributed by atoms with Gasteiger partial charge in [-0.05, 0) is 148 Å². The Morgan fingerprint density at radius 1 is 0.466 bits per heavy atom. The summed E-state index contributed by atoms with van der Waals surface area (Å²) in [6, 6.07) is -3.17. The van der Waals surface area contributed by atoms with Crippen LogP contribution >= 0.6 is 0 Å². The van der Waals surface area contributed by atoms with Gasteiger partial charge in [-0.15, -0.1) is 0 Å². The van der Waals surface area contributed by atoms with Crippen molar-refractivity contribution in [2.24, 2.45) is 34.8 Å². The molecule has 6 atom stereocenters. The minimum absolute atomic E-state index is 0.179. The Labute approximate surface area is 430 Å². The average Bonchev–Trinajstić information content (AvgIpc) is 3.27. The van der Waals surface area contributed by atoms with E-state index in [1.165, 1.54) is 69.2 Å². The molecule has 10 amide bonds. The second-order valence-electron chi connectivity index (χ2n) is 22.8. The molecule has 2 heterocycles. The fourth-order valence-corrected chi connectivity index (χ4v) is 7.74. The van der Waals surface area contributed by atoms with Crippen LogP contribution in [-0.2, 0) is 47.9 Å². The standard InChI is InChI=1S/C48H89N15O10/c1-43(2,52)38(69)61-45(5,6)39(70)55-29-21-27(23-53-25-29)33(64)58-32(18-14-16-20-50)36(67)60-48(11,12)42(73)63-46(7,8)40(71)56-30-22-28(24-54-26-30)34(65)57-31(17-13-15-19-49)35(66)59-47(9,10)41(72)62-44(3,4)37(51)68/h27-32,53-54H,13-26,49-50,52H2,1-12H3,(H2,51,68)(H,55,70)(H,56,71)(H,57,65)(H,58,64)(H,59,66)(H,60,67)(H,61,69)(H,62,72)(H,63,73)/t27?,28?,29?,30?,31-,32-/m0/s1. The Bertz CT molecular complexity index is 2000. The molecular weight excluding hydrogens is 947 g/mol. The van der Waals surface area contributed by atoms with E-state index in [0.717, 1.165) is 0 Å². The van der Waals surface area contributed by atoms with E-state index in [4.69, 9.17) is 22.9 Å². The van der Waals surface area contributed by atoms with Crippen molar-refractivity contribution in [1.82, 2.24) is 58.5 Å². The number of carbonyl (C=O) groups excluding carboxylic acids is 10. The van der Waals surface area contributed by atoms with Gasteiger partial charge in [-0.2, -0.15) is 0 Å². The first-order valence-corrected chi connectivity index (χ1v) is 25.2. The summed E-state index contributed by atoms with van der Waals surface area (Å²) in [4.78, 5) is 133. The van der Waals surface area contributed by atoms with Gasteiger partial charge in [0.1, 0.15) is 39.8 Å². The first-order chi connectivity index (χ1) is 33.5. The lowest BCUT2D eigenvalue weighted by Gasteiger charge is -2.36. The number of primary amides is 1. The molecule has 0 aliphatic carbocycles. The quantitative estimate of drug-likeness (QED) is 0.0350. The Morgan fingerprint density at radius 3 is 1.12 bits per heavy atom. The number of nitrogens with one attached hydrogen (secondary N) is 11. The fraction of sp³-hybridized carbons (Fsp3) is 0.792. The number of piperidine rings is 2. The zero-order valence-corrected chi connectivity index (χ0v) is 45.3. The van der Waals surface area contributed by atoms with Gasteiger partial charge in [0.15, 0.2) is 0 Å².